The van der Waals surface area contributed by atoms with Crippen molar-refractivity contribution in [3.8, 4) is 0 Å². The number of aliphatic carboxylic acids is 1. The van der Waals surface area contributed by atoms with Crippen molar-refractivity contribution in [1.82, 2.24) is 10.6 Å². The Morgan fingerprint density at radius 1 is 1.08 bits per heavy atom. The molecular weight excluding hydrogens is 479 g/mol. The SMILES string of the molecule is CC(C)(CNC(=O)c1cc(NC(=N)N)cc(C(F)(F)F)c1)CC(=O)N[C@@H](Cc1ccccc1)C(=O)O. The number of hydrogen-bond acceptors (Lipinski definition) is 4. The van der Waals surface area contributed by atoms with Crippen LogP contribution in [0.5, 0.6) is 0 Å². The minimum absolute atomic E-state index is 0.0820. The van der Waals surface area contributed by atoms with Gasteiger partial charge in [-0.3, -0.25) is 15.0 Å². The normalized spacial score (nSPS) is 12.4. The van der Waals surface area contributed by atoms with Crippen LogP contribution >= 0.6 is 0 Å². The smallest absolute Gasteiger partial charge is 0.416 e. The lowest BCUT2D eigenvalue weighted by molar-refractivity contribution is -0.142. The van der Waals surface area contributed by atoms with Crippen LogP contribution in [-0.2, 0) is 22.2 Å². The Hall–Kier alpha value is -4.09. The number of hydrogen-bond donors (Lipinski definition) is 6. The first kappa shape index (κ1) is 28.1. The summed E-state index contributed by atoms with van der Waals surface area (Å²) in [5.74, 6) is -3.17. The van der Waals surface area contributed by atoms with E-state index in [9.17, 15) is 32.7 Å². The van der Waals surface area contributed by atoms with Gasteiger partial charge in [0.2, 0.25) is 5.91 Å². The van der Waals surface area contributed by atoms with E-state index in [0.29, 0.717) is 6.07 Å². The molecule has 7 N–H and O–H groups in total. The first-order valence-corrected chi connectivity index (χ1v) is 10.8. The summed E-state index contributed by atoms with van der Waals surface area (Å²) in [5, 5.41) is 23.9. The zero-order valence-electron chi connectivity index (χ0n) is 19.7. The summed E-state index contributed by atoms with van der Waals surface area (Å²) in [6, 6.07) is 10.1. The van der Waals surface area contributed by atoms with Gasteiger partial charge >= 0.3 is 12.1 Å². The van der Waals surface area contributed by atoms with Crippen molar-refractivity contribution in [2.75, 3.05) is 11.9 Å². The molecule has 0 saturated heterocycles. The van der Waals surface area contributed by atoms with E-state index in [1.54, 1.807) is 44.2 Å². The highest BCUT2D eigenvalue weighted by Crippen LogP contribution is 2.32. The molecule has 0 aliphatic rings. The van der Waals surface area contributed by atoms with Crippen LogP contribution < -0.4 is 21.7 Å². The van der Waals surface area contributed by atoms with Gasteiger partial charge in [-0.05, 0) is 29.2 Å². The van der Waals surface area contributed by atoms with E-state index < -0.39 is 46.9 Å². The summed E-state index contributed by atoms with van der Waals surface area (Å²) in [6.45, 7) is 3.21. The number of halogens is 3. The number of rotatable bonds is 10. The van der Waals surface area contributed by atoms with Gasteiger partial charge in [0, 0.05) is 30.6 Å². The summed E-state index contributed by atoms with van der Waals surface area (Å²) in [7, 11) is 0. The molecule has 2 amide bonds. The number of benzene rings is 2. The molecular formula is C24H28F3N5O4. The number of carboxylic acids is 1. The van der Waals surface area contributed by atoms with Crippen LogP contribution in [0.15, 0.2) is 48.5 Å². The third kappa shape index (κ3) is 8.93. The third-order valence-corrected chi connectivity index (χ3v) is 5.08. The first-order valence-electron chi connectivity index (χ1n) is 10.8. The molecule has 2 rings (SSSR count). The van der Waals surface area contributed by atoms with Gasteiger partial charge < -0.3 is 26.8 Å². The summed E-state index contributed by atoms with van der Waals surface area (Å²) in [4.78, 5) is 36.7. The van der Waals surface area contributed by atoms with E-state index in [1.807, 2.05) is 0 Å². The van der Waals surface area contributed by atoms with Gasteiger partial charge in [0.25, 0.3) is 5.91 Å². The van der Waals surface area contributed by atoms with E-state index >= 15 is 0 Å². The van der Waals surface area contributed by atoms with E-state index in [0.717, 1.165) is 17.7 Å². The average Bonchev–Trinajstić information content (AvgIpc) is 2.76. The number of carbonyl (C=O) groups is 3. The number of anilines is 1. The van der Waals surface area contributed by atoms with Crippen molar-refractivity contribution in [2.45, 2.75) is 38.9 Å². The molecule has 9 nitrogen and oxygen atoms in total. The molecule has 0 saturated carbocycles. The minimum atomic E-state index is -4.73. The lowest BCUT2D eigenvalue weighted by atomic mass is 9.88. The van der Waals surface area contributed by atoms with Crippen molar-refractivity contribution >= 4 is 29.4 Å². The summed E-state index contributed by atoms with van der Waals surface area (Å²) in [6.07, 6.45) is -4.79. The van der Waals surface area contributed by atoms with Crippen LogP contribution in [0.2, 0.25) is 0 Å². The first-order chi connectivity index (χ1) is 16.7. The minimum Gasteiger partial charge on any atom is -0.480 e. The number of carboxylic acid groups (broad SMARTS) is 1. The molecule has 0 unspecified atom stereocenters. The van der Waals surface area contributed by atoms with Crippen molar-refractivity contribution in [3.05, 3.63) is 65.2 Å². The van der Waals surface area contributed by atoms with Gasteiger partial charge in [-0.15, -0.1) is 0 Å². The number of carbonyl (C=O) groups excluding carboxylic acids is 2. The topological polar surface area (TPSA) is 157 Å². The maximum Gasteiger partial charge on any atom is 0.416 e. The highest BCUT2D eigenvalue weighted by Gasteiger charge is 2.32. The van der Waals surface area contributed by atoms with E-state index in [-0.39, 0.29) is 30.6 Å². The fraction of sp³-hybridized carbons (Fsp3) is 0.333. The summed E-state index contributed by atoms with van der Waals surface area (Å²) < 4.78 is 39.7. The second-order valence-corrected chi connectivity index (χ2v) is 9.01. The Morgan fingerprint density at radius 2 is 1.72 bits per heavy atom. The molecule has 1 atom stereocenters. The van der Waals surface area contributed by atoms with E-state index in [1.165, 1.54) is 0 Å². The average molecular weight is 508 g/mol. The molecule has 0 bridgehead atoms. The highest BCUT2D eigenvalue weighted by molar-refractivity contribution is 5.97. The van der Waals surface area contributed by atoms with Crippen LogP contribution in [0.3, 0.4) is 0 Å². The highest BCUT2D eigenvalue weighted by atomic mass is 19.4. The molecule has 0 heterocycles. The number of guanidine groups is 1. The van der Waals surface area contributed by atoms with Crippen molar-refractivity contribution in [1.29, 1.82) is 5.41 Å². The maximum atomic E-state index is 13.2. The van der Waals surface area contributed by atoms with Gasteiger partial charge in [-0.2, -0.15) is 13.2 Å². The van der Waals surface area contributed by atoms with Crippen LogP contribution in [-0.4, -0.2) is 41.4 Å². The van der Waals surface area contributed by atoms with E-state index in [4.69, 9.17) is 11.1 Å². The second kappa shape index (κ2) is 11.6. The standard InChI is InChI=1S/C24H28F3N5O4/c1-23(2,12-19(33)32-18(21(35)36)8-14-6-4-3-5-7-14)13-30-20(34)15-9-16(24(25,26)27)11-17(10-15)31-22(28)29/h3-7,9-11,18H,8,12-13H2,1-2H3,(H,30,34)(H,32,33)(H,35,36)(H4,28,29,31)/t18-/m0/s1. The molecule has 12 heteroatoms. The molecule has 36 heavy (non-hydrogen) atoms. The number of amides is 2. The molecule has 0 spiro atoms. The predicted molar refractivity (Wildman–Crippen MR) is 127 cm³/mol. The van der Waals surface area contributed by atoms with Crippen molar-refractivity contribution in [2.24, 2.45) is 11.1 Å². The largest absolute Gasteiger partial charge is 0.480 e. The summed E-state index contributed by atoms with van der Waals surface area (Å²) >= 11 is 0. The molecule has 0 aliphatic carbocycles. The van der Waals surface area contributed by atoms with Crippen LogP contribution in [0.1, 0.15) is 41.8 Å². The van der Waals surface area contributed by atoms with Crippen LogP contribution in [0.25, 0.3) is 0 Å². The zero-order valence-corrected chi connectivity index (χ0v) is 19.7. The van der Waals surface area contributed by atoms with Gasteiger partial charge in [0.05, 0.1) is 5.56 Å². The Labute approximate surface area is 205 Å². The fourth-order valence-corrected chi connectivity index (χ4v) is 3.36. The Kier molecular flexibility index (Phi) is 9.04. The summed E-state index contributed by atoms with van der Waals surface area (Å²) in [5.41, 5.74) is 3.47. The lowest BCUT2D eigenvalue weighted by Crippen LogP contribution is -2.45. The van der Waals surface area contributed by atoms with Crippen molar-refractivity contribution in [3.63, 3.8) is 0 Å². The van der Waals surface area contributed by atoms with E-state index in [2.05, 4.69) is 16.0 Å². The van der Waals surface area contributed by atoms with Gasteiger partial charge in [0.15, 0.2) is 5.96 Å². The maximum absolute atomic E-state index is 13.2. The third-order valence-electron chi connectivity index (χ3n) is 5.08. The quantitative estimate of drug-likeness (QED) is 0.214. The Morgan fingerprint density at radius 3 is 2.28 bits per heavy atom. The monoisotopic (exact) mass is 507 g/mol. The van der Waals surface area contributed by atoms with Crippen LogP contribution in [0.4, 0.5) is 18.9 Å². The molecule has 0 aromatic heterocycles. The number of alkyl halides is 3. The molecule has 0 aliphatic heterocycles. The molecule has 0 radical (unpaired) electrons. The number of nitrogens with two attached hydrogens (primary N) is 1. The molecule has 2 aromatic carbocycles. The van der Waals surface area contributed by atoms with Crippen LogP contribution in [0, 0.1) is 10.8 Å². The molecule has 2 aromatic rings. The van der Waals surface area contributed by atoms with Crippen molar-refractivity contribution < 1.29 is 32.7 Å². The molecule has 0 fully saturated rings. The second-order valence-electron chi connectivity index (χ2n) is 9.01. The van der Waals surface area contributed by atoms with Gasteiger partial charge in [-0.1, -0.05) is 44.2 Å². The zero-order chi connectivity index (χ0) is 27.1. The Bertz CT molecular complexity index is 1120. The predicted octanol–water partition coefficient (Wildman–Crippen LogP) is 2.97. The van der Waals surface area contributed by atoms with Gasteiger partial charge in [0.1, 0.15) is 6.04 Å². The Balaban J connectivity index is 2.04. The lowest BCUT2D eigenvalue weighted by Gasteiger charge is -2.25. The van der Waals surface area contributed by atoms with Gasteiger partial charge in [-0.25, -0.2) is 4.79 Å². The fourth-order valence-electron chi connectivity index (χ4n) is 3.36. The molecule has 194 valence electrons. The number of nitrogens with one attached hydrogen (secondary N) is 4.